The van der Waals surface area contributed by atoms with Crippen LogP contribution in [-0.2, 0) is 21.5 Å². The van der Waals surface area contributed by atoms with Crippen LogP contribution < -0.4 is 10.6 Å². The van der Waals surface area contributed by atoms with Gasteiger partial charge in [-0.05, 0) is 42.0 Å². The number of carbonyl (C=O) groups is 2. The number of halogens is 1. The quantitative estimate of drug-likeness (QED) is 0.457. The summed E-state index contributed by atoms with van der Waals surface area (Å²) in [7, 11) is 1.22. The highest BCUT2D eigenvalue weighted by Gasteiger charge is 2.54. The summed E-state index contributed by atoms with van der Waals surface area (Å²) in [6, 6.07) is 12.7. The molecule has 8 nitrogen and oxygen atoms in total. The van der Waals surface area contributed by atoms with Crippen molar-refractivity contribution >= 4 is 28.5 Å². The summed E-state index contributed by atoms with van der Waals surface area (Å²) >= 11 is 0. The number of pyridine rings is 1. The minimum Gasteiger partial charge on any atom is -0.453 e. The Hall–Kier alpha value is -4.40. The molecule has 4 aromatic rings. The van der Waals surface area contributed by atoms with E-state index in [1.54, 1.807) is 24.7 Å². The number of nitrogens with two attached hydrogens (primary N) is 1. The summed E-state index contributed by atoms with van der Waals surface area (Å²) < 4.78 is 17.7. The molecule has 2 aromatic carbocycles. The normalized spacial score (nSPS) is 15.2. The third-order valence-electron chi connectivity index (χ3n) is 6.86. The number of fused-ring (bicyclic) bond motifs is 3. The van der Waals surface area contributed by atoms with Gasteiger partial charge in [-0.3, -0.25) is 9.78 Å². The first kappa shape index (κ1) is 23.3. The predicted octanol–water partition coefficient (Wildman–Crippen LogP) is 4.51. The molecule has 0 unspecified atom stereocenters. The third kappa shape index (κ3) is 3.92. The second kappa shape index (κ2) is 9.33. The SMILES string of the molecule is COC(N)=O.O=C1N(Cc2ncc3cc(F)ccc3c2-c2cncnc2)c2ccccc2C12CCC2. The van der Waals surface area contributed by atoms with Crippen molar-refractivity contribution in [3.63, 3.8) is 0 Å². The van der Waals surface area contributed by atoms with Crippen LogP contribution in [0, 0.1) is 5.82 Å². The van der Waals surface area contributed by atoms with Crippen molar-refractivity contribution in [3.05, 3.63) is 84.5 Å². The molecule has 2 aromatic heterocycles. The minimum atomic E-state index is -0.745. The Balaban J connectivity index is 0.000000489. The molecular formula is C27H24FN5O3. The number of methoxy groups -OCH3 is 1. The lowest BCUT2D eigenvalue weighted by molar-refractivity contribution is -0.126. The Kier molecular flexibility index (Phi) is 6.05. The molecular weight excluding hydrogens is 461 g/mol. The molecule has 1 fully saturated rings. The van der Waals surface area contributed by atoms with Gasteiger partial charge >= 0.3 is 6.09 Å². The topological polar surface area (TPSA) is 111 Å². The monoisotopic (exact) mass is 485 g/mol. The molecule has 0 atom stereocenters. The molecule has 1 spiro atoms. The lowest BCUT2D eigenvalue weighted by Crippen LogP contribution is -2.45. The van der Waals surface area contributed by atoms with Gasteiger partial charge in [0.15, 0.2) is 0 Å². The molecule has 2 aliphatic rings. The second-order valence-corrected chi connectivity index (χ2v) is 8.81. The van der Waals surface area contributed by atoms with E-state index in [9.17, 15) is 14.0 Å². The average molecular weight is 486 g/mol. The third-order valence-corrected chi connectivity index (χ3v) is 6.86. The molecule has 2 amide bonds. The number of hydrogen-bond donors (Lipinski definition) is 1. The van der Waals surface area contributed by atoms with Crippen LogP contribution in [0.15, 0.2) is 67.4 Å². The first-order valence-electron chi connectivity index (χ1n) is 11.5. The summed E-state index contributed by atoms with van der Waals surface area (Å²) in [6.45, 7) is 0.342. The van der Waals surface area contributed by atoms with Crippen LogP contribution >= 0.6 is 0 Å². The van der Waals surface area contributed by atoms with Gasteiger partial charge in [0.05, 0.1) is 24.8 Å². The fourth-order valence-corrected chi connectivity index (χ4v) is 5.02. The zero-order valence-electron chi connectivity index (χ0n) is 19.6. The molecule has 0 saturated heterocycles. The van der Waals surface area contributed by atoms with Gasteiger partial charge in [0.25, 0.3) is 0 Å². The lowest BCUT2D eigenvalue weighted by atomic mass is 9.65. The maximum Gasteiger partial charge on any atom is 0.404 e. The van der Waals surface area contributed by atoms with E-state index < -0.39 is 6.09 Å². The van der Waals surface area contributed by atoms with Crippen LogP contribution in [-0.4, -0.2) is 34.1 Å². The van der Waals surface area contributed by atoms with Crippen LogP contribution in [0.25, 0.3) is 21.9 Å². The van der Waals surface area contributed by atoms with Gasteiger partial charge < -0.3 is 15.4 Å². The van der Waals surface area contributed by atoms with E-state index in [4.69, 9.17) is 0 Å². The van der Waals surface area contributed by atoms with Crippen LogP contribution in [0.2, 0.25) is 0 Å². The zero-order chi connectivity index (χ0) is 25.3. The van der Waals surface area contributed by atoms with Crippen molar-refractivity contribution in [2.24, 2.45) is 5.73 Å². The van der Waals surface area contributed by atoms with Gasteiger partial charge in [-0.1, -0.05) is 30.7 Å². The Morgan fingerprint density at radius 1 is 1.14 bits per heavy atom. The number of ether oxygens (including phenoxy) is 1. The number of primary amides is 1. The fourth-order valence-electron chi connectivity index (χ4n) is 5.02. The summed E-state index contributed by atoms with van der Waals surface area (Å²) in [6.07, 6.45) is 8.71. The highest BCUT2D eigenvalue weighted by Crippen LogP contribution is 2.53. The number of nitrogens with zero attached hydrogens (tertiary/aromatic N) is 4. The average Bonchev–Trinajstić information content (AvgIpc) is 3.12. The molecule has 1 saturated carbocycles. The second-order valence-electron chi connectivity index (χ2n) is 8.81. The van der Waals surface area contributed by atoms with E-state index in [0.717, 1.165) is 52.7 Å². The smallest absolute Gasteiger partial charge is 0.404 e. The molecule has 9 heteroatoms. The maximum atomic E-state index is 13.8. The summed E-state index contributed by atoms with van der Waals surface area (Å²) in [4.78, 5) is 37.8. The van der Waals surface area contributed by atoms with E-state index >= 15 is 0 Å². The van der Waals surface area contributed by atoms with Crippen molar-refractivity contribution in [2.75, 3.05) is 12.0 Å². The first-order valence-corrected chi connectivity index (χ1v) is 11.5. The standard InChI is InChI=1S/C25H19FN4O.C2H5NO2/c26-18-6-7-19-16(10-18)13-29-21(23(19)17-11-27-15-28-12-17)14-30-22-5-2-1-4-20(22)25(24(30)31)8-3-9-25;1-5-2(3)4/h1-2,4-7,10-13,15H,3,8-9,14H2;1H3,(H2,3,4). The number of benzene rings is 2. The Labute approximate surface area is 207 Å². The van der Waals surface area contributed by atoms with E-state index in [-0.39, 0.29) is 17.1 Å². The lowest BCUT2D eigenvalue weighted by Gasteiger charge is -2.37. The minimum absolute atomic E-state index is 0.149. The van der Waals surface area contributed by atoms with Gasteiger partial charge in [0, 0.05) is 40.8 Å². The van der Waals surface area contributed by atoms with Crippen molar-refractivity contribution in [1.29, 1.82) is 0 Å². The van der Waals surface area contributed by atoms with E-state index in [1.807, 2.05) is 23.1 Å². The summed E-state index contributed by atoms with van der Waals surface area (Å²) in [5, 5.41) is 1.56. The van der Waals surface area contributed by atoms with Crippen LogP contribution in [0.3, 0.4) is 0 Å². The first-order chi connectivity index (χ1) is 17.4. The number of rotatable bonds is 3. The summed E-state index contributed by atoms with van der Waals surface area (Å²) in [5.41, 5.74) is 8.50. The van der Waals surface area contributed by atoms with E-state index in [2.05, 4.69) is 31.5 Å². The van der Waals surface area contributed by atoms with Crippen LogP contribution in [0.1, 0.15) is 30.5 Å². The molecule has 36 heavy (non-hydrogen) atoms. The van der Waals surface area contributed by atoms with Gasteiger partial charge in [0.1, 0.15) is 12.1 Å². The van der Waals surface area contributed by atoms with E-state index in [1.165, 1.54) is 25.6 Å². The number of amides is 2. The van der Waals surface area contributed by atoms with E-state index in [0.29, 0.717) is 11.9 Å². The zero-order valence-corrected chi connectivity index (χ0v) is 19.6. The van der Waals surface area contributed by atoms with Crippen LogP contribution in [0.5, 0.6) is 0 Å². The van der Waals surface area contributed by atoms with Gasteiger partial charge in [0.2, 0.25) is 5.91 Å². The van der Waals surface area contributed by atoms with Crippen molar-refractivity contribution in [3.8, 4) is 11.1 Å². The number of para-hydroxylation sites is 1. The van der Waals surface area contributed by atoms with Gasteiger partial charge in [-0.15, -0.1) is 0 Å². The fraction of sp³-hybridized carbons (Fsp3) is 0.222. The molecule has 6 rings (SSSR count). The summed E-state index contributed by atoms with van der Waals surface area (Å²) in [5.74, 6) is -0.163. The highest BCUT2D eigenvalue weighted by molar-refractivity contribution is 6.09. The molecule has 2 N–H and O–H groups in total. The Morgan fingerprint density at radius 2 is 1.86 bits per heavy atom. The maximum absolute atomic E-state index is 13.8. The number of carbonyl (C=O) groups excluding carboxylic acids is 2. The number of hydrogen-bond acceptors (Lipinski definition) is 6. The Morgan fingerprint density at radius 3 is 2.53 bits per heavy atom. The number of anilines is 1. The molecule has 1 aliphatic carbocycles. The molecule has 0 radical (unpaired) electrons. The number of aromatic nitrogens is 3. The molecule has 3 heterocycles. The van der Waals surface area contributed by atoms with Crippen molar-refractivity contribution in [1.82, 2.24) is 15.0 Å². The highest BCUT2D eigenvalue weighted by atomic mass is 19.1. The largest absolute Gasteiger partial charge is 0.453 e. The predicted molar refractivity (Wildman–Crippen MR) is 132 cm³/mol. The van der Waals surface area contributed by atoms with Crippen molar-refractivity contribution < 1.29 is 18.7 Å². The molecule has 1 aliphatic heterocycles. The molecule has 0 bridgehead atoms. The van der Waals surface area contributed by atoms with Gasteiger partial charge in [-0.2, -0.15) is 0 Å². The van der Waals surface area contributed by atoms with Crippen molar-refractivity contribution in [2.45, 2.75) is 31.2 Å². The van der Waals surface area contributed by atoms with Gasteiger partial charge in [-0.25, -0.2) is 19.2 Å². The Bertz CT molecular complexity index is 1460. The molecule has 182 valence electrons. The van der Waals surface area contributed by atoms with Crippen LogP contribution in [0.4, 0.5) is 14.9 Å².